The molecule has 2 amide bonds. The van der Waals surface area contributed by atoms with Crippen LogP contribution in [-0.4, -0.2) is 23.0 Å². The van der Waals surface area contributed by atoms with Gasteiger partial charge in [0, 0.05) is 16.9 Å². The molecule has 1 saturated heterocycles. The Morgan fingerprint density at radius 3 is 1.84 bits per heavy atom. The smallest absolute Gasteiger partial charge is 0.254 e. The van der Waals surface area contributed by atoms with Crippen molar-refractivity contribution in [1.29, 1.82) is 0 Å². The molecule has 4 aromatic rings. The molecule has 0 saturated carbocycles. The average molecular weight is 519 g/mol. The van der Waals surface area contributed by atoms with Gasteiger partial charge in [-0.3, -0.25) is 9.59 Å². The normalized spacial score (nSPS) is 22.9. The Labute approximate surface area is 225 Å². The molecule has 2 atom stereocenters. The van der Waals surface area contributed by atoms with Gasteiger partial charge in [0.25, 0.3) is 11.8 Å². The van der Waals surface area contributed by atoms with Crippen LogP contribution >= 0.6 is 11.6 Å². The van der Waals surface area contributed by atoms with Gasteiger partial charge in [0.05, 0.1) is 18.1 Å². The summed E-state index contributed by atoms with van der Waals surface area (Å²) in [4.78, 5) is 27.4. The summed E-state index contributed by atoms with van der Waals surface area (Å²) < 4.78 is 5.92. The molecule has 0 unspecified atom stereocenters. The summed E-state index contributed by atoms with van der Waals surface area (Å²) in [5, 5.41) is 6.18. The lowest BCUT2D eigenvalue weighted by Gasteiger charge is -2.45. The molecule has 0 aromatic heterocycles. The highest BCUT2D eigenvalue weighted by atomic mass is 35.5. The van der Waals surface area contributed by atoms with Crippen LogP contribution < -0.4 is 4.74 Å². The van der Waals surface area contributed by atoms with Gasteiger partial charge >= 0.3 is 0 Å². The van der Waals surface area contributed by atoms with Crippen molar-refractivity contribution in [2.45, 2.75) is 18.4 Å². The molecule has 1 heterocycles. The fraction of sp³-hybridized carbons (Fsp3) is 0.156. The molecule has 2 bridgehead atoms. The number of ether oxygens (including phenoxy) is 1. The van der Waals surface area contributed by atoms with Crippen molar-refractivity contribution >= 4 is 29.6 Å². The monoisotopic (exact) mass is 518 g/mol. The number of nitrogens with zero attached hydrogens (tertiary/aromatic N) is 2. The van der Waals surface area contributed by atoms with Crippen LogP contribution in [0.25, 0.3) is 0 Å². The van der Waals surface area contributed by atoms with Crippen molar-refractivity contribution in [2.75, 3.05) is 0 Å². The van der Waals surface area contributed by atoms with Crippen LogP contribution in [0.15, 0.2) is 102 Å². The Bertz CT molecular complexity index is 1500. The number of hydrazone groups is 1. The van der Waals surface area contributed by atoms with Crippen molar-refractivity contribution in [3.8, 4) is 5.75 Å². The Kier molecular flexibility index (Phi) is 5.41. The Hall–Kier alpha value is -4.22. The van der Waals surface area contributed by atoms with Crippen molar-refractivity contribution in [3.63, 3.8) is 0 Å². The summed E-state index contributed by atoms with van der Waals surface area (Å²) >= 11 is 5.96. The number of hydrogen-bond donors (Lipinski definition) is 0. The molecule has 38 heavy (non-hydrogen) atoms. The van der Waals surface area contributed by atoms with Gasteiger partial charge in [0.15, 0.2) is 0 Å². The minimum atomic E-state index is -0.441. The summed E-state index contributed by atoms with van der Waals surface area (Å²) in [7, 11) is 0. The van der Waals surface area contributed by atoms with Crippen molar-refractivity contribution in [3.05, 3.63) is 135 Å². The zero-order valence-corrected chi connectivity index (χ0v) is 21.1. The van der Waals surface area contributed by atoms with E-state index in [0.29, 0.717) is 17.4 Å². The lowest BCUT2D eigenvalue weighted by molar-refractivity contribution is -0.139. The standard InChI is InChI=1S/C32H23ClN2O3/c33-21-14-12-19(13-15-21)18-38-22-7-5-6-20(16-22)17-34-35-31(36)29-27-23-8-1-2-9-24(23)28(30(29)32(35)37)26-11-4-3-10-25(26)27/h1-17,27-30H,18H2/b34-17-/t27?,28?,29-,30+. The summed E-state index contributed by atoms with van der Waals surface area (Å²) in [6.45, 7) is 0.397. The highest BCUT2D eigenvalue weighted by Gasteiger charge is 2.61. The number of carbonyl (C=O) groups excluding carboxylic acids is 2. The van der Waals surface area contributed by atoms with Crippen LogP contribution in [0.5, 0.6) is 5.75 Å². The SMILES string of the molecule is O=C1[C@@H]2C3c4ccccc4C(c4ccccc43)[C@@H]2C(=O)N1/N=C\c1cccc(OCc2ccc(Cl)cc2)c1. The molecular weight excluding hydrogens is 496 g/mol. The van der Waals surface area contributed by atoms with Crippen molar-refractivity contribution < 1.29 is 14.3 Å². The number of carbonyl (C=O) groups is 2. The second-order valence-corrected chi connectivity index (χ2v) is 10.4. The lowest BCUT2D eigenvalue weighted by Crippen LogP contribution is -2.41. The highest BCUT2D eigenvalue weighted by Crippen LogP contribution is 2.60. The largest absolute Gasteiger partial charge is 0.489 e. The molecule has 4 aliphatic rings. The van der Waals surface area contributed by atoms with Crippen molar-refractivity contribution in [1.82, 2.24) is 5.01 Å². The third-order valence-electron chi connectivity index (χ3n) is 7.92. The molecule has 0 radical (unpaired) electrons. The summed E-state index contributed by atoms with van der Waals surface area (Å²) in [5.41, 5.74) is 6.33. The fourth-order valence-electron chi connectivity index (χ4n) is 6.33. The first kappa shape index (κ1) is 22.9. The van der Waals surface area contributed by atoms with E-state index in [1.807, 2.05) is 72.8 Å². The number of amides is 2. The number of imide groups is 1. The maximum absolute atomic E-state index is 13.7. The van der Waals surface area contributed by atoms with E-state index >= 15 is 0 Å². The second-order valence-electron chi connectivity index (χ2n) is 9.99. The topological polar surface area (TPSA) is 59.0 Å². The first-order valence-electron chi connectivity index (χ1n) is 12.7. The fourth-order valence-corrected chi connectivity index (χ4v) is 6.46. The van der Waals surface area contributed by atoms with Gasteiger partial charge in [-0.15, -0.1) is 0 Å². The first-order valence-corrected chi connectivity index (χ1v) is 13.0. The van der Waals surface area contributed by atoms with Crippen LogP contribution in [0.3, 0.4) is 0 Å². The van der Waals surface area contributed by atoms with Gasteiger partial charge in [0.1, 0.15) is 12.4 Å². The third-order valence-corrected chi connectivity index (χ3v) is 8.18. The summed E-state index contributed by atoms with van der Waals surface area (Å²) in [6, 6.07) is 31.3. The van der Waals surface area contributed by atoms with Crippen LogP contribution in [0, 0.1) is 11.8 Å². The van der Waals surface area contributed by atoms with Gasteiger partial charge in [0.2, 0.25) is 0 Å². The third kappa shape index (κ3) is 3.57. The second kappa shape index (κ2) is 8.96. The Balaban J connectivity index is 1.15. The maximum atomic E-state index is 13.7. The van der Waals surface area contributed by atoms with E-state index < -0.39 is 11.8 Å². The van der Waals surface area contributed by atoms with Gasteiger partial charge in [-0.1, -0.05) is 84.4 Å². The lowest BCUT2D eigenvalue weighted by atomic mass is 9.55. The molecule has 6 heteroatoms. The minimum absolute atomic E-state index is 0.140. The summed E-state index contributed by atoms with van der Waals surface area (Å²) in [5.74, 6) is -0.958. The van der Waals surface area contributed by atoms with E-state index in [-0.39, 0.29) is 23.7 Å². The van der Waals surface area contributed by atoms with E-state index in [9.17, 15) is 9.59 Å². The Morgan fingerprint density at radius 2 is 1.29 bits per heavy atom. The van der Waals surface area contributed by atoms with E-state index in [1.165, 1.54) is 0 Å². The van der Waals surface area contributed by atoms with Gasteiger partial charge < -0.3 is 4.74 Å². The quantitative estimate of drug-likeness (QED) is 0.235. The minimum Gasteiger partial charge on any atom is -0.489 e. The zero-order chi connectivity index (χ0) is 25.8. The number of halogens is 1. The maximum Gasteiger partial charge on any atom is 0.254 e. The van der Waals surface area contributed by atoms with Crippen LogP contribution in [0.1, 0.15) is 45.2 Å². The van der Waals surface area contributed by atoms with Crippen LogP contribution in [0.4, 0.5) is 0 Å². The molecule has 186 valence electrons. The molecule has 1 aliphatic heterocycles. The number of rotatable bonds is 5. The molecule has 8 rings (SSSR count). The van der Waals surface area contributed by atoms with Gasteiger partial charge in [-0.2, -0.15) is 10.1 Å². The molecule has 3 aliphatic carbocycles. The van der Waals surface area contributed by atoms with Gasteiger partial charge in [-0.05, 0) is 57.6 Å². The van der Waals surface area contributed by atoms with Crippen LogP contribution in [-0.2, 0) is 16.2 Å². The molecule has 5 nitrogen and oxygen atoms in total. The Morgan fingerprint density at radius 1 is 0.737 bits per heavy atom. The molecule has 0 N–H and O–H groups in total. The van der Waals surface area contributed by atoms with E-state index in [4.69, 9.17) is 16.3 Å². The highest BCUT2D eigenvalue weighted by molar-refractivity contribution is 6.30. The van der Waals surface area contributed by atoms with Crippen molar-refractivity contribution in [2.24, 2.45) is 16.9 Å². The molecular formula is C32H23ClN2O3. The van der Waals surface area contributed by atoms with Gasteiger partial charge in [-0.25, -0.2) is 0 Å². The predicted octanol–water partition coefficient (Wildman–Crippen LogP) is 6.15. The molecule has 0 spiro atoms. The number of hydrogen-bond acceptors (Lipinski definition) is 4. The van der Waals surface area contributed by atoms with Crippen LogP contribution in [0.2, 0.25) is 5.02 Å². The molecule has 1 fully saturated rings. The zero-order valence-electron chi connectivity index (χ0n) is 20.3. The molecule has 4 aromatic carbocycles. The van der Waals surface area contributed by atoms with E-state index in [2.05, 4.69) is 29.4 Å². The van der Waals surface area contributed by atoms with E-state index in [1.54, 1.807) is 6.21 Å². The average Bonchev–Trinajstić information content (AvgIpc) is 3.21. The first-order chi connectivity index (χ1) is 18.6. The number of benzene rings is 4. The summed E-state index contributed by atoms with van der Waals surface area (Å²) in [6.07, 6.45) is 1.56. The van der Waals surface area contributed by atoms with E-state index in [0.717, 1.165) is 38.4 Å². The predicted molar refractivity (Wildman–Crippen MR) is 145 cm³/mol.